The van der Waals surface area contributed by atoms with Crippen molar-refractivity contribution in [3.8, 4) is 0 Å². The SMILES string of the molecule is C/C(=N\C=N)c1ccc(F)cc1[C@@H](C)O. The fourth-order valence-corrected chi connectivity index (χ4v) is 1.38. The Morgan fingerprint density at radius 2 is 2.27 bits per heavy atom. The van der Waals surface area contributed by atoms with E-state index in [1.807, 2.05) is 0 Å². The molecule has 3 nitrogen and oxygen atoms in total. The van der Waals surface area contributed by atoms with E-state index in [1.165, 1.54) is 12.1 Å². The van der Waals surface area contributed by atoms with Crippen molar-refractivity contribution in [1.82, 2.24) is 0 Å². The number of aliphatic imine (C=N–C) groups is 1. The second-order valence-corrected chi connectivity index (χ2v) is 3.25. The highest BCUT2D eigenvalue weighted by Crippen LogP contribution is 2.19. The van der Waals surface area contributed by atoms with E-state index in [9.17, 15) is 9.50 Å². The molecule has 0 aliphatic rings. The maximum Gasteiger partial charge on any atom is 0.123 e. The number of aliphatic hydroxyl groups is 1. The van der Waals surface area contributed by atoms with Crippen LogP contribution in [0.5, 0.6) is 0 Å². The first-order chi connectivity index (χ1) is 7.06. The molecule has 1 atom stereocenters. The van der Waals surface area contributed by atoms with E-state index in [4.69, 9.17) is 5.41 Å². The molecule has 0 aliphatic heterocycles. The van der Waals surface area contributed by atoms with Crippen molar-refractivity contribution in [2.45, 2.75) is 20.0 Å². The summed E-state index contributed by atoms with van der Waals surface area (Å²) in [5, 5.41) is 16.3. The van der Waals surface area contributed by atoms with Crippen molar-refractivity contribution in [3.63, 3.8) is 0 Å². The molecule has 0 unspecified atom stereocenters. The van der Waals surface area contributed by atoms with Gasteiger partial charge in [-0.2, -0.15) is 0 Å². The molecule has 0 saturated carbocycles. The maximum absolute atomic E-state index is 13.0. The minimum absolute atomic E-state index is 0.391. The monoisotopic (exact) mass is 208 g/mol. The number of nitrogens with one attached hydrogen (secondary N) is 1. The molecule has 0 saturated heterocycles. The van der Waals surface area contributed by atoms with Crippen LogP contribution >= 0.6 is 0 Å². The molecule has 0 heterocycles. The van der Waals surface area contributed by atoms with Gasteiger partial charge in [0.25, 0.3) is 0 Å². The van der Waals surface area contributed by atoms with Crippen molar-refractivity contribution in [1.29, 1.82) is 5.41 Å². The summed E-state index contributed by atoms with van der Waals surface area (Å²) in [6, 6.07) is 4.15. The van der Waals surface area contributed by atoms with Crippen LogP contribution in [-0.4, -0.2) is 17.2 Å². The first-order valence-electron chi connectivity index (χ1n) is 4.57. The third-order valence-electron chi connectivity index (χ3n) is 2.11. The Morgan fingerprint density at radius 3 is 2.80 bits per heavy atom. The smallest absolute Gasteiger partial charge is 0.123 e. The topological polar surface area (TPSA) is 56.4 Å². The molecule has 0 aromatic heterocycles. The predicted molar refractivity (Wildman–Crippen MR) is 58.0 cm³/mol. The first-order valence-corrected chi connectivity index (χ1v) is 4.57. The molecule has 4 heteroatoms. The lowest BCUT2D eigenvalue weighted by Gasteiger charge is -2.11. The van der Waals surface area contributed by atoms with Crippen molar-refractivity contribution in [2.75, 3.05) is 0 Å². The summed E-state index contributed by atoms with van der Waals surface area (Å²) in [7, 11) is 0. The van der Waals surface area contributed by atoms with Crippen LogP contribution in [0, 0.1) is 11.2 Å². The number of hydrogen-bond acceptors (Lipinski definition) is 2. The quantitative estimate of drug-likeness (QED) is 0.581. The highest BCUT2D eigenvalue weighted by Gasteiger charge is 2.11. The molecular weight excluding hydrogens is 195 g/mol. The van der Waals surface area contributed by atoms with Crippen LogP contribution in [0.3, 0.4) is 0 Å². The minimum atomic E-state index is -0.758. The minimum Gasteiger partial charge on any atom is -0.389 e. The normalized spacial score (nSPS) is 13.7. The Labute approximate surface area is 87.8 Å². The largest absolute Gasteiger partial charge is 0.389 e. The number of benzene rings is 1. The number of halogens is 1. The van der Waals surface area contributed by atoms with Gasteiger partial charge in [0.15, 0.2) is 0 Å². The van der Waals surface area contributed by atoms with Crippen LogP contribution in [0.25, 0.3) is 0 Å². The average Bonchev–Trinajstić information content (AvgIpc) is 2.17. The van der Waals surface area contributed by atoms with Gasteiger partial charge in [0.2, 0.25) is 0 Å². The van der Waals surface area contributed by atoms with Crippen molar-refractivity contribution in [3.05, 3.63) is 35.1 Å². The Balaban J connectivity index is 3.28. The van der Waals surface area contributed by atoms with Gasteiger partial charge in [-0.1, -0.05) is 0 Å². The Bertz CT molecular complexity index is 400. The van der Waals surface area contributed by atoms with Crippen molar-refractivity contribution < 1.29 is 9.50 Å². The summed E-state index contributed by atoms with van der Waals surface area (Å²) in [6.07, 6.45) is 0.163. The van der Waals surface area contributed by atoms with Gasteiger partial charge in [0.1, 0.15) is 12.2 Å². The predicted octanol–water partition coefficient (Wildman–Crippen LogP) is 2.30. The van der Waals surface area contributed by atoms with Crippen LogP contribution in [0.1, 0.15) is 31.1 Å². The Hall–Kier alpha value is -1.55. The van der Waals surface area contributed by atoms with Gasteiger partial charge in [-0.15, -0.1) is 0 Å². The Morgan fingerprint density at radius 1 is 1.60 bits per heavy atom. The van der Waals surface area contributed by atoms with Crippen molar-refractivity contribution >= 4 is 12.1 Å². The second kappa shape index (κ2) is 4.79. The maximum atomic E-state index is 13.0. The van der Waals surface area contributed by atoms with E-state index < -0.39 is 11.9 Å². The van der Waals surface area contributed by atoms with Gasteiger partial charge in [-0.05, 0) is 37.6 Å². The lowest BCUT2D eigenvalue weighted by atomic mass is 10.00. The summed E-state index contributed by atoms with van der Waals surface area (Å²) in [4.78, 5) is 3.79. The molecule has 0 aliphatic carbocycles. The molecule has 0 fully saturated rings. The zero-order chi connectivity index (χ0) is 11.4. The third-order valence-corrected chi connectivity index (χ3v) is 2.11. The van der Waals surface area contributed by atoms with Gasteiger partial charge in [0.05, 0.1) is 6.10 Å². The molecule has 15 heavy (non-hydrogen) atoms. The highest BCUT2D eigenvalue weighted by molar-refractivity contribution is 6.03. The second-order valence-electron chi connectivity index (χ2n) is 3.25. The molecule has 2 N–H and O–H groups in total. The van der Waals surface area contributed by atoms with Crippen molar-refractivity contribution in [2.24, 2.45) is 4.99 Å². The molecule has 0 bridgehead atoms. The van der Waals surface area contributed by atoms with Crippen LogP contribution in [0.2, 0.25) is 0 Å². The van der Waals surface area contributed by atoms with Gasteiger partial charge < -0.3 is 5.11 Å². The summed E-state index contributed by atoms with van der Waals surface area (Å²) in [5.41, 5.74) is 1.73. The fraction of sp³-hybridized carbons (Fsp3) is 0.273. The summed E-state index contributed by atoms with van der Waals surface area (Å²) >= 11 is 0. The van der Waals surface area contributed by atoms with Gasteiger partial charge in [-0.3, -0.25) is 5.41 Å². The summed E-state index contributed by atoms with van der Waals surface area (Å²) in [5.74, 6) is -0.391. The van der Waals surface area contributed by atoms with E-state index in [0.29, 0.717) is 16.8 Å². The third kappa shape index (κ3) is 2.70. The molecule has 1 rings (SSSR count). The molecule has 80 valence electrons. The standard InChI is InChI=1S/C11H13FN2O/c1-7(14-6-13)10-4-3-9(12)5-11(10)8(2)15/h3-6,8,13,15H,1-2H3/b13-6?,14-7+/t8-/m1/s1. The molecule has 1 aromatic carbocycles. The summed E-state index contributed by atoms with van der Waals surface area (Å²) in [6.45, 7) is 3.28. The number of hydrogen-bond donors (Lipinski definition) is 2. The van der Waals surface area contributed by atoms with E-state index >= 15 is 0 Å². The zero-order valence-electron chi connectivity index (χ0n) is 8.66. The lowest BCUT2D eigenvalue weighted by Crippen LogP contribution is -2.04. The molecule has 0 amide bonds. The molecular formula is C11H13FN2O. The van der Waals surface area contributed by atoms with E-state index in [-0.39, 0.29) is 0 Å². The van der Waals surface area contributed by atoms with Crippen LogP contribution < -0.4 is 0 Å². The van der Waals surface area contributed by atoms with E-state index in [1.54, 1.807) is 19.9 Å². The summed E-state index contributed by atoms with van der Waals surface area (Å²) < 4.78 is 13.0. The van der Waals surface area contributed by atoms with Gasteiger partial charge >= 0.3 is 0 Å². The number of rotatable bonds is 3. The molecule has 0 radical (unpaired) electrons. The highest BCUT2D eigenvalue weighted by atomic mass is 19.1. The first kappa shape index (κ1) is 11.5. The lowest BCUT2D eigenvalue weighted by molar-refractivity contribution is 0.198. The average molecular weight is 208 g/mol. The van der Waals surface area contributed by atoms with Crippen LogP contribution in [0.15, 0.2) is 23.2 Å². The molecule has 1 aromatic rings. The fourth-order valence-electron chi connectivity index (χ4n) is 1.38. The number of aliphatic hydroxyl groups excluding tert-OH is 1. The van der Waals surface area contributed by atoms with E-state index in [2.05, 4.69) is 4.99 Å². The van der Waals surface area contributed by atoms with Gasteiger partial charge in [0, 0.05) is 11.3 Å². The molecule has 0 spiro atoms. The van der Waals surface area contributed by atoms with Crippen LogP contribution in [0.4, 0.5) is 4.39 Å². The Kier molecular flexibility index (Phi) is 3.68. The van der Waals surface area contributed by atoms with E-state index in [0.717, 1.165) is 6.34 Å². The van der Waals surface area contributed by atoms with Gasteiger partial charge in [-0.25, -0.2) is 9.38 Å². The van der Waals surface area contributed by atoms with Crippen LogP contribution in [-0.2, 0) is 0 Å². The zero-order valence-corrected chi connectivity index (χ0v) is 8.66. The number of nitrogens with zero attached hydrogens (tertiary/aromatic N) is 1.